The van der Waals surface area contributed by atoms with Crippen molar-refractivity contribution >= 4 is 17.4 Å². The van der Waals surface area contributed by atoms with Gasteiger partial charge in [-0.05, 0) is 43.0 Å². The topological polar surface area (TPSA) is 53.6 Å². The van der Waals surface area contributed by atoms with Gasteiger partial charge in [-0.3, -0.25) is 0 Å². The lowest BCUT2D eigenvalue weighted by Crippen LogP contribution is -2.39. The summed E-state index contributed by atoms with van der Waals surface area (Å²) in [6.45, 7) is 4.26. The average Bonchev–Trinajstić information content (AvgIpc) is 2.96. The van der Waals surface area contributed by atoms with E-state index in [1.807, 2.05) is 24.3 Å². The van der Waals surface area contributed by atoms with Crippen molar-refractivity contribution in [3.8, 4) is 0 Å². The predicted molar refractivity (Wildman–Crippen MR) is 106 cm³/mol. The number of nitrogens with one attached hydrogen (secondary N) is 2. The smallest absolute Gasteiger partial charge is 0.319 e. The molecule has 2 aromatic rings. The van der Waals surface area contributed by atoms with Gasteiger partial charge in [0.05, 0.1) is 6.61 Å². The Hall–Kier alpha value is -2.53. The van der Waals surface area contributed by atoms with Crippen LogP contribution in [0.1, 0.15) is 18.1 Å². The Bertz CT molecular complexity index is 748. The fourth-order valence-corrected chi connectivity index (χ4v) is 3.50. The lowest BCUT2D eigenvalue weighted by Gasteiger charge is -2.25. The van der Waals surface area contributed by atoms with Gasteiger partial charge in [-0.15, -0.1) is 0 Å². The number of methoxy groups -OCH3 is 1. The van der Waals surface area contributed by atoms with Gasteiger partial charge in [-0.2, -0.15) is 0 Å². The summed E-state index contributed by atoms with van der Waals surface area (Å²) < 4.78 is 5.13. The van der Waals surface area contributed by atoms with Crippen LogP contribution in [0.2, 0.25) is 0 Å². The first kappa shape index (κ1) is 18.3. The van der Waals surface area contributed by atoms with Crippen LogP contribution < -0.4 is 15.5 Å². The largest absolute Gasteiger partial charge is 0.384 e. The fourth-order valence-electron chi connectivity index (χ4n) is 3.50. The van der Waals surface area contributed by atoms with Crippen LogP contribution in [-0.2, 0) is 17.6 Å². The lowest BCUT2D eigenvalue weighted by molar-refractivity contribution is 0.202. The van der Waals surface area contributed by atoms with E-state index < -0.39 is 0 Å². The van der Waals surface area contributed by atoms with Crippen LogP contribution in [0.25, 0.3) is 0 Å². The van der Waals surface area contributed by atoms with E-state index in [-0.39, 0.29) is 6.03 Å². The molecule has 2 aromatic carbocycles. The molecule has 0 saturated carbocycles. The van der Waals surface area contributed by atoms with E-state index >= 15 is 0 Å². The molecule has 0 radical (unpaired) electrons. The highest BCUT2D eigenvalue weighted by Crippen LogP contribution is 2.31. The number of rotatable bonds is 7. The molecule has 0 spiro atoms. The van der Waals surface area contributed by atoms with Gasteiger partial charge in [0.1, 0.15) is 0 Å². The first-order chi connectivity index (χ1) is 12.7. The second-order valence-electron chi connectivity index (χ2n) is 6.66. The summed E-state index contributed by atoms with van der Waals surface area (Å²) in [6, 6.07) is 16.6. The molecule has 1 aliphatic heterocycles. The number of hydrogen-bond donors (Lipinski definition) is 2. The summed E-state index contributed by atoms with van der Waals surface area (Å²) in [6.07, 6.45) is 1.84. The molecule has 1 atom stereocenters. The third-order valence-corrected chi connectivity index (χ3v) is 4.83. The number of anilines is 2. The van der Waals surface area contributed by atoms with Crippen molar-refractivity contribution in [2.75, 3.05) is 37.0 Å². The number of carbonyl (C=O) groups is 1. The second kappa shape index (κ2) is 8.72. The van der Waals surface area contributed by atoms with Crippen molar-refractivity contribution in [3.05, 3.63) is 59.7 Å². The number of amides is 2. The van der Waals surface area contributed by atoms with Crippen molar-refractivity contribution in [2.45, 2.75) is 25.8 Å². The van der Waals surface area contributed by atoms with Crippen molar-refractivity contribution in [1.29, 1.82) is 0 Å². The second-order valence-corrected chi connectivity index (χ2v) is 6.66. The number of benzene rings is 2. The van der Waals surface area contributed by atoms with Crippen LogP contribution in [0.5, 0.6) is 0 Å². The number of carbonyl (C=O) groups excluding carboxylic acids is 1. The monoisotopic (exact) mass is 353 g/mol. The highest BCUT2D eigenvalue weighted by Gasteiger charge is 2.24. The molecule has 5 heteroatoms. The maximum Gasteiger partial charge on any atom is 0.319 e. The molecular weight excluding hydrogens is 326 g/mol. The first-order valence-electron chi connectivity index (χ1n) is 9.15. The third-order valence-electron chi connectivity index (χ3n) is 4.83. The maximum absolute atomic E-state index is 12.3. The van der Waals surface area contributed by atoms with Gasteiger partial charge in [0, 0.05) is 37.6 Å². The highest BCUT2D eigenvalue weighted by molar-refractivity contribution is 5.90. The van der Waals surface area contributed by atoms with Gasteiger partial charge in [-0.1, -0.05) is 36.4 Å². The zero-order valence-electron chi connectivity index (χ0n) is 15.5. The Morgan fingerprint density at radius 2 is 1.96 bits per heavy atom. The molecule has 1 heterocycles. The first-order valence-corrected chi connectivity index (χ1v) is 9.15. The van der Waals surface area contributed by atoms with Crippen LogP contribution in [0, 0.1) is 0 Å². The van der Waals surface area contributed by atoms with Crippen LogP contribution >= 0.6 is 0 Å². The number of fused-ring (bicyclic) bond motifs is 1. The van der Waals surface area contributed by atoms with Crippen LogP contribution in [0.4, 0.5) is 16.2 Å². The maximum atomic E-state index is 12.3. The Kier molecular flexibility index (Phi) is 6.12. The molecule has 26 heavy (non-hydrogen) atoms. The molecule has 2 N–H and O–H groups in total. The van der Waals surface area contributed by atoms with E-state index in [0.29, 0.717) is 19.2 Å². The Morgan fingerprint density at radius 1 is 1.19 bits per heavy atom. The quantitative estimate of drug-likeness (QED) is 0.802. The van der Waals surface area contributed by atoms with Gasteiger partial charge in [-0.25, -0.2) is 4.79 Å². The zero-order chi connectivity index (χ0) is 18.4. The summed E-state index contributed by atoms with van der Waals surface area (Å²) in [5.74, 6) is 0. The Morgan fingerprint density at radius 3 is 2.81 bits per heavy atom. The fraction of sp³-hybridized carbons (Fsp3) is 0.381. The number of ether oxygens (including phenoxy) is 1. The molecule has 2 amide bonds. The van der Waals surface area contributed by atoms with Crippen molar-refractivity contribution in [1.82, 2.24) is 5.32 Å². The van der Waals surface area contributed by atoms with E-state index in [1.165, 1.54) is 11.3 Å². The van der Waals surface area contributed by atoms with Crippen molar-refractivity contribution in [3.63, 3.8) is 0 Å². The van der Waals surface area contributed by atoms with Crippen molar-refractivity contribution < 1.29 is 9.53 Å². The van der Waals surface area contributed by atoms with Gasteiger partial charge < -0.3 is 20.3 Å². The third kappa shape index (κ3) is 4.35. The molecule has 0 fully saturated rings. The van der Waals surface area contributed by atoms with Crippen LogP contribution in [0.3, 0.4) is 0 Å². The Balaban J connectivity index is 1.51. The van der Waals surface area contributed by atoms with Crippen LogP contribution in [-0.4, -0.2) is 38.9 Å². The molecule has 0 aromatic heterocycles. The molecule has 0 saturated heterocycles. The number of nitrogens with zero attached hydrogens (tertiary/aromatic N) is 1. The van der Waals surface area contributed by atoms with Crippen LogP contribution in [0.15, 0.2) is 48.5 Å². The molecule has 3 rings (SSSR count). The van der Waals surface area contributed by atoms with Gasteiger partial charge >= 0.3 is 6.03 Å². The minimum Gasteiger partial charge on any atom is -0.384 e. The summed E-state index contributed by atoms with van der Waals surface area (Å²) in [7, 11) is 1.68. The summed E-state index contributed by atoms with van der Waals surface area (Å²) in [4.78, 5) is 14.6. The van der Waals surface area contributed by atoms with Gasteiger partial charge in [0.15, 0.2) is 0 Å². The standard InChI is InChI=1S/C21H27N3O2/c1-16-15-18-8-4-6-10-20(18)24(16)13-12-22-21(25)23-19-9-5-3-7-17(19)11-14-26-2/h3-10,16H,11-15H2,1-2H3,(H2,22,23,25). The number of urea groups is 1. The Labute approximate surface area is 155 Å². The molecule has 1 unspecified atom stereocenters. The van der Waals surface area contributed by atoms with Gasteiger partial charge in [0.25, 0.3) is 0 Å². The normalized spacial score (nSPS) is 15.6. The zero-order valence-corrected chi connectivity index (χ0v) is 15.5. The lowest BCUT2D eigenvalue weighted by atomic mass is 10.1. The number of para-hydroxylation sites is 2. The van der Waals surface area contributed by atoms with E-state index in [9.17, 15) is 4.79 Å². The molecule has 5 nitrogen and oxygen atoms in total. The minimum atomic E-state index is -0.171. The van der Waals surface area contributed by atoms with Crippen molar-refractivity contribution in [2.24, 2.45) is 0 Å². The summed E-state index contributed by atoms with van der Waals surface area (Å²) in [5, 5.41) is 5.92. The van der Waals surface area contributed by atoms with E-state index in [1.54, 1.807) is 7.11 Å². The summed E-state index contributed by atoms with van der Waals surface area (Å²) >= 11 is 0. The van der Waals surface area contributed by atoms with E-state index in [0.717, 1.165) is 30.6 Å². The molecule has 0 aliphatic carbocycles. The van der Waals surface area contributed by atoms with E-state index in [4.69, 9.17) is 4.74 Å². The summed E-state index contributed by atoms with van der Waals surface area (Å²) in [5.41, 5.74) is 4.58. The van der Waals surface area contributed by atoms with Gasteiger partial charge in [0.2, 0.25) is 0 Å². The average molecular weight is 353 g/mol. The predicted octanol–water partition coefficient (Wildman–Crippen LogP) is 3.45. The number of hydrogen-bond acceptors (Lipinski definition) is 3. The highest BCUT2D eigenvalue weighted by atomic mass is 16.5. The molecular formula is C21H27N3O2. The minimum absolute atomic E-state index is 0.171. The molecule has 0 bridgehead atoms. The molecule has 1 aliphatic rings. The molecule has 138 valence electrons. The van der Waals surface area contributed by atoms with E-state index in [2.05, 4.69) is 46.7 Å². The SMILES string of the molecule is COCCc1ccccc1NC(=O)NCCN1c2ccccc2CC1C.